The van der Waals surface area contributed by atoms with Crippen LogP contribution in [0.4, 0.5) is 17.1 Å². The van der Waals surface area contributed by atoms with Crippen LogP contribution < -0.4 is 10.6 Å². The second-order valence-corrected chi connectivity index (χ2v) is 5.63. The molecule has 2 unspecified atom stereocenters. The fraction of sp³-hybridized carbons (Fsp3) is 0.571. The molecule has 102 valence electrons. The summed E-state index contributed by atoms with van der Waals surface area (Å²) in [4.78, 5) is 12.9. The van der Waals surface area contributed by atoms with Gasteiger partial charge in [0, 0.05) is 36.1 Å². The van der Waals surface area contributed by atoms with Crippen LogP contribution in [-0.4, -0.2) is 17.5 Å². The Balaban J connectivity index is 1.94. The van der Waals surface area contributed by atoms with E-state index in [9.17, 15) is 10.1 Å². The van der Waals surface area contributed by atoms with Gasteiger partial charge in [-0.05, 0) is 37.7 Å². The first-order valence-corrected chi connectivity index (χ1v) is 6.97. The minimum absolute atomic E-state index is 0.0927. The number of nitrogens with two attached hydrogens (primary N) is 1. The Labute approximate surface area is 112 Å². The molecular weight excluding hydrogens is 242 g/mol. The monoisotopic (exact) mass is 261 g/mol. The lowest BCUT2D eigenvalue weighted by Gasteiger charge is -2.39. The molecule has 2 N–H and O–H groups in total. The van der Waals surface area contributed by atoms with Crippen molar-refractivity contribution < 1.29 is 4.92 Å². The third-order valence-corrected chi connectivity index (χ3v) is 4.46. The molecule has 0 bridgehead atoms. The Kier molecular flexibility index (Phi) is 3.05. The van der Waals surface area contributed by atoms with Crippen molar-refractivity contribution >= 4 is 17.1 Å². The molecule has 5 nitrogen and oxygen atoms in total. The summed E-state index contributed by atoms with van der Waals surface area (Å²) < 4.78 is 0. The van der Waals surface area contributed by atoms with E-state index in [0.29, 0.717) is 11.7 Å². The van der Waals surface area contributed by atoms with Crippen molar-refractivity contribution in [2.45, 2.75) is 38.1 Å². The molecule has 0 amide bonds. The first-order chi connectivity index (χ1) is 9.15. The number of non-ortho nitro benzene ring substituents is 1. The molecule has 0 radical (unpaired) electrons. The third kappa shape index (κ3) is 2.25. The van der Waals surface area contributed by atoms with Crippen LogP contribution in [0.2, 0.25) is 0 Å². The number of hydrogen-bond donors (Lipinski definition) is 1. The molecule has 2 aliphatic rings. The smallest absolute Gasteiger partial charge is 0.273 e. The van der Waals surface area contributed by atoms with Crippen LogP contribution in [0.5, 0.6) is 0 Å². The Morgan fingerprint density at radius 2 is 2.00 bits per heavy atom. The fourth-order valence-electron chi connectivity index (χ4n) is 3.66. The number of nitrogens with zero attached hydrogens (tertiary/aromatic N) is 2. The van der Waals surface area contributed by atoms with Gasteiger partial charge >= 0.3 is 0 Å². The molecule has 1 aromatic rings. The number of fused-ring (bicyclic) bond motifs is 1. The molecule has 1 aliphatic heterocycles. The van der Waals surface area contributed by atoms with E-state index in [1.165, 1.54) is 38.2 Å². The molecule has 0 spiro atoms. The van der Waals surface area contributed by atoms with Crippen LogP contribution in [0.1, 0.15) is 32.1 Å². The summed E-state index contributed by atoms with van der Waals surface area (Å²) in [5.41, 5.74) is 7.30. The maximum absolute atomic E-state index is 10.9. The van der Waals surface area contributed by atoms with Gasteiger partial charge in [-0.15, -0.1) is 0 Å². The fourth-order valence-corrected chi connectivity index (χ4v) is 3.66. The summed E-state index contributed by atoms with van der Waals surface area (Å²) in [6.45, 7) is 0.988. The highest BCUT2D eigenvalue weighted by molar-refractivity contribution is 5.63. The lowest BCUT2D eigenvalue weighted by molar-refractivity contribution is -0.384. The molecule has 3 rings (SSSR count). The highest BCUT2D eigenvalue weighted by atomic mass is 16.6. The average Bonchev–Trinajstić information content (AvgIpc) is 2.85. The molecule has 0 aromatic heterocycles. The molecule has 1 heterocycles. The normalized spacial score (nSPS) is 26.2. The van der Waals surface area contributed by atoms with Crippen molar-refractivity contribution in [1.82, 2.24) is 0 Å². The highest BCUT2D eigenvalue weighted by Crippen LogP contribution is 2.40. The molecule has 1 saturated carbocycles. The lowest BCUT2D eigenvalue weighted by Crippen LogP contribution is -2.42. The zero-order valence-electron chi connectivity index (χ0n) is 10.9. The Morgan fingerprint density at radius 1 is 1.21 bits per heavy atom. The summed E-state index contributed by atoms with van der Waals surface area (Å²) in [6, 6.07) is 5.51. The predicted molar refractivity (Wildman–Crippen MR) is 75.2 cm³/mol. The van der Waals surface area contributed by atoms with E-state index in [-0.39, 0.29) is 10.6 Å². The molecule has 2 fully saturated rings. The first kappa shape index (κ1) is 12.3. The molecule has 2 atom stereocenters. The van der Waals surface area contributed by atoms with E-state index in [0.717, 1.165) is 18.2 Å². The number of benzene rings is 1. The number of hydrogen-bond acceptors (Lipinski definition) is 4. The summed E-state index contributed by atoms with van der Waals surface area (Å²) in [5, 5.41) is 10.9. The maximum atomic E-state index is 10.9. The zero-order valence-corrected chi connectivity index (χ0v) is 10.9. The van der Waals surface area contributed by atoms with E-state index in [1.807, 2.05) is 6.07 Å². The summed E-state index contributed by atoms with van der Waals surface area (Å²) in [7, 11) is 0. The van der Waals surface area contributed by atoms with Crippen LogP contribution in [0.3, 0.4) is 0 Å². The zero-order chi connectivity index (χ0) is 13.4. The van der Waals surface area contributed by atoms with Crippen LogP contribution in [0, 0.1) is 16.0 Å². The Bertz CT molecular complexity index is 503. The van der Waals surface area contributed by atoms with Crippen LogP contribution in [0.15, 0.2) is 18.2 Å². The predicted octanol–water partition coefficient (Wildman–Crippen LogP) is 2.95. The number of rotatable bonds is 2. The van der Waals surface area contributed by atoms with E-state index >= 15 is 0 Å². The minimum Gasteiger partial charge on any atom is -0.398 e. The first-order valence-electron chi connectivity index (χ1n) is 6.97. The molecular formula is C14H19N3O2. The van der Waals surface area contributed by atoms with Crippen LogP contribution >= 0.6 is 0 Å². The maximum Gasteiger partial charge on any atom is 0.273 e. The van der Waals surface area contributed by atoms with Crippen LogP contribution in [0.25, 0.3) is 0 Å². The van der Waals surface area contributed by atoms with Crippen molar-refractivity contribution in [2.24, 2.45) is 5.92 Å². The van der Waals surface area contributed by atoms with Gasteiger partial charge in [-0.25, -0.2) is 0 Å². The molecule has 5 heteroatoms. The summed E-state index contributed by atoms with van der Waals surface area (Å²) in [5.74, 6) is 0.759. The van der Waals surface area contributed by atoms with Crippen molar-refractivity contribution in [2.75, 3.05) is 17.2 Å². The number of piperidine rings is 1. The molecule has 1 aliphatic carbocycles. The average molecular weight is 261 g/mol. The van der Waals surface area contributed by atoms with Gasteiger partial charge < -0.3 is 10.6 Å². The highest BCUT2D eigenvalue weighted by Gasteiger charge is 2.35. The van der Waals surface area contributed by atoms with Gasteiger partial charge in [0.1, 0.15) is 0 Å². The SMILES string of the molecule is Nc1cc(N2CCCC3CCCC32)cc([N+](=O)[O-])c1. The van der Waals surface area contributed by atoms with E-state index in [1.54, 1.807) is 6.07 Å². The molecule has 1 aromatic carbocycles. The number of nitrogen functional groups attached to an aromatic ring is 1. The van der Waals surface area contributed by atoms with Gasteiger partial charge in [0.05, 0.1) is 4.92 Å². The standard InChI is InChI=1S/C14H19N3O2/c15-11-7-12(9-13(8-11)17(18)19)16-6-2-4-10-3-1-5-14(10)16/h7-10,14H,1-6,15H2. The van der Waals surface area contributed by atoms with E-state index in [4.69, 9.17) is 5.73 Å². The van der Waals surface area contributed by atoms with Crippen molar-refractivity contribution in [3.63, 3.8) is 0 Å². The Hall–Kier alpha value is -1.78. The van der Waals surface area contributed by atoms with Gasteiger partial charge in [0.2, 0.25) is 0 Å². The van der Waals surface area contributed by atoms with Crippen LogP contribution in [-0.2, 0) is 0 Å². The quantitative estimate of drug-likeness (QED) is 0.504. The Morgan fingerprint density at radius 3 is 2.79 bits per heavy atom. The number of anilines is 2. The van der Waals surface area contributed by atoms with E-state index in [2.05, 4.69) is 4.90 Å². The van der Waals surface area contributed by atoms with Gasteiger partial charge in [-0.1, -0.05) is 6.42 Å². The van der Waals surface area contributed by atoms with E-state index < -0.39 is 0 Å². The third-order valence-electron chi connectivity index (χ3n) is 4.46. The second kappa shape index (κ2) is 4.72. The second-order valence-electron chi connectivity index (χ2n) is 5.63. The largest absolute Gasteiger partial charge is 0.398 e. The van der Waals surface area contributed by atoms with Crippen molar-refractivity contribution in [3.8, 4) is 0 Å². The van der Waals surface area contributed by atoms with Crippen molar-refractivity contribution in [1.29, 1.82) is 0 Å². The van der Waals surface area contributed by atoms with Gasteiger partial charge in [-0.2, -0.15) is 0 Å². The molecule has 19 heavy (non-hydrogen) atoms. The van der Waals surface area contributed by atoms with Gasteiger partial charge in [0.25, 0.3) is 5.69 Å². The summed E-state index contributed by atoms with van der Waals surface area (Å²) >= 11 is 0. The van der Waals surface area contributed by atoms with Gasteiger partial charge in [-0.3, -0.25) is 10.1 Å². The topological polar surface area (TPSA) is 72.4 Å². The number of nitro benzene ring substituents is 1. The van der Waals surface area contributed by atoms with Crippen molar-refractivity contribution in [3.05, 3.63) is 28.3 Å². The lowest BCUT2D eigenvalue weighted by atomic mass is 9.91. The van der Waals surface area contributed by atoms with Gasteiger partial charge in [0.15, 0.2) is 0 Å². The number of nitro groups is 1. The molecule has 1 saturated heterocycles. The summed E-state index contributed by atoms with van der Waals surface area (Å²) in [6.07, 6.45) is 6.24. The minimum atomic E-state index is -0.365.